The van der Waals surface area contributed by atoms with Crippen LogP contribution in [0.5, 0.6) is 5.75 Å². The third-order valence-corrected chi connectivity index (χ3v) is 7.99. The van der Waals surface area contributed by atoms with Crippen LogP contribution in [-0.4, -0.2) is 49.2 Å². The minimum absolute atomic E-state index is 0.0341. The van der Waals surface area contributed by atoms with Crippen molar-refractivity contribution in [2.45, 2.75) is 29.5 Å². The fourth-order valence-corrected chi connectivity index (χ4v) is 5.45. The van der Waals surface area contributed by atoms with Crippen LogP contribution in [0, 0.1) is 0 Å². The minimum Gasteiger partial charge on any atom is -0.497 e. The van der Waals surface area contributed by atoms with Crippen molar-refractivity contribution < 1.29 is 22.7 Å². The number of carbonyl (C=O) groups excluding carboxylic acids is 2. The molecule has 11 heteroatoms. The quantitative estimate of drug-likeness (QED) is 0.419. The van der Waals surface area contributed by atoms with Gasteiger partial charge in [0.25, 0.3) is 0 Å². The Morgan fingerprint density at radius 2 is 1.71 bits per heavy atom. The molecule has 1 fully saturated rings. The van der Waals surface area contributed by atoms with Crippen molar-refractivity contribution >= 4 is 44.5 Å². The molecule has 1 aliphatic heterocycles. The molecule has 9 nitrogen and oxygen atoms in total. The van der Waals surface area contributed by atoms with E-state index in [2.05, 4.69) is 10.3 Å². The summed E-state index contributed by atoms with van der Waals surface area (Å²) in [6.07, 6.45) is 0.542. The number of benzene rings is 3. The summed E-state index contributed by atoms with van der Waals surface area (Å²) in [7, 11) is -2.16. The van der Waals surface area contributed by atoms with E-state index in [-0.39, 0.29) is 23.1 Å². The first-order valence-electron chi connectivity index (χ1n) is 11.9. The van der Waals surface area contributed by atoms with Crippen LogP contribution in [0.15, 0.2) is 88.8 Å². The van der Waals surface area contributed by atoms with E-state index in [4.69, 9.17) is 9.88 Å². The van der Waals surface area contributed by atoms with Crippen LogP contribution in [0.4, 0.5) is 5.69 Å². The topological polar surface area (TPSA) is 131 Å². The molecule has 0 aliphatic carbocycles. The molecule has 0 spiro atoms. The Hall–Kier alpha value is -3.67. The van der Waals surface area contributed by atoms with Gasteiger partial charge in [0.1, 0.15) is 5.75 Å². The third kappa shape index (κ3) is 7.21. The highest BCUT2D eigenvalue weighted by molar-refractivity contribution is 8.15. The minimum atomic E-state index is -3.75. The Kier molecular flexibility index (Phi) is 8.82. The zero-order valence-electron chi connectivity index (χ0n) is 20.7. The van der Waals surface area contributed by atoms with Crippen molar-refractivity contribution in [1.82, 2.24) is 10.2 Å². The zero-order valence-corrected chi connectivity index (χ0v) is 22.4. The van der Waals surface area contributed by atoms with Crippen LogP contribution < -0.4 is 15.2 Å². The fraction of sp³-hybridized carbons (Fsp3) is 0.222. The maximum absolute atomic E-state index is 13.2. The lowest BCUT2D eigenvalue weighted by Crippen LogP contribution is -2.46. The molecule has 4 rings (SSSR count). The summed E-state index contributed by atoms with van der Waals surface area (Å²) in [6.45, 7) is 0.657. The van der Waals surface area contributed by atoms with E-state index >= 15 is 0 Å². The highest BCUT2D eigenvalue weighted by atomic mass is 32.2. The third-order valence-electron chi connectivity index (χ3n) is 5.88. The van der Waals surface area contributed by atoms with Gasteiger partial charge in [-0.05, 0) is 53.9 Å². The highest BCUT2D eigenvalue weighted by Crippen LogP contribution is 2.30. The average Bonchev–Trinajstić information content (AvgIpc) is 2.91. The number of para-hydroxylation sites is 1. The molecule has 38 heavy (non-hydrogen) atoms. The number of methoxy groups -OCH3 is 1. The first-order chi connectivity index (χ1) is 18.2. The number of amides is 2. The number of sulfonamides is 1. The highest BCUT2D eigenvalue weighted by Gasteiger charge is 2.35. The van der Waals surface area contributed by atoms with E-state index in [1.807, 2.05) is 54.6 Å². The van der Waals surface area contributed by atoms with Crippen molar-refractivity contribution in [2.24, 2.45) is 10.1 Å². The van der Waals surface area contributed by atoms with Crippen LogP contribution in [-0.2, 0) is 32.6 Å². The largest absolute Gasteiger partial charge is 0.497 e. The molecule has 1 heterocycles. The van der Waals surface area contributed by atoms with Crippen LogP contribution in [0.3, 0.4) is 0 Å². The van der Waals surface area contributed by atoms with Gasteiger partial charge in [0.2, 0.25) is 21.8 Å². The number of amidine groups is 1. The summed E-state index contributed by atoms with van der Waals surface area (Å²) in [6, 6.07) is 22.9. The second-order valence-electron chi connectivity index (χ2n) is 8.60. The van der Waals surface area contributed by atoms with E-state index in [1.165, 1.54) is 23.9 Å². The molecule has 2 amide bonds. The number of ether oxygens (including phenoxy) is 1. The normalized spacial score (nSPS) is 16.9. The Morgan fingerprint density at radius 3 is 2.34 bits per heavy atom. The number of nitrogens with zero attached hydrogens (tertiary/aromatic N) is 2. The number of carbonyl (C=O) groups is 2. The Balaban J connectivity index is 1.43. The number of primary sulfonamides is 1. The lowest BCUT2D eigenvalue weighted by Gasteiger charge is -2.32. The van der Waals surface area contributed by atoms with E-state index in [0.29, 0.717) is 30.4 Å². The number of thioether (sulfide) groups is 1. The predicted molar refractivity (Wildman–Crippen MR) is 148 cm³/mol. The molecule has 3 N–H and O–H groups in total. The van der Waals surface area contributed by atoms with Crippen molar-refractivity contribution in [3.8, 4) is 5.75 Å². The van der Waals surface area contributed by atoms with Crippen molar-refractivity contribution in [3.05, 3.63) is 90.0 Å². The Bertz CT molecular complexity index is 1410. The summed E-state index contributed by atoms with van der Waals surface area (Å²) in [5.74, 6) is 0.283. The molecule has 198 valence electrons. The first kappa shape index (κ1) is 27.4. The van der Waals surface area contributed by atoms with E-state index in [1.54, 1.807) is 24.1 Å². The van der Waals surface area contributed by atoms with Gasteiger partial charge >= 0.3 is 0 Å². The maximum Gasteiger partial charge on any atom is 0.238 e. The van der Waals surface area contributed by atoms with Crippen LogP contribution in [0.25, 0.3) is 0 Å². The Morgan fingerprint density at radius 1 is 1.05 bits per heavy atom. The molecule has 3 aromatic carbocycles. The summed E-state index contributed by atoms with van der Waals surface area (Å²) in [5, 5.41) is 7.85. The lowest BCUT2D eigenvalue weighted by molar-refractivity contribution is -0.130. The number of nitrogens with two attached hydrogens (primary N) is 1. The van der Waals surface area contributed by atoms with Crippen LogP contribution in [0.1, 0.15) is 17.5 Å². The smallest absolute Gasteiger partial charge is 0.238 e. The van der Waals surface area contributed by atoms with E-state index in [9.17, 15) is 18.0 Å². The zero-order chi connectivity index (χ0) is 27.1. The molecule has 1 aliphatic rings. The molecule has 1 saturated heterocycles. The van der Waals surface area contributed by atoms with Gasteiger partial charge in [-0.25, -0.2) is 18.5 Å². The van der Waals surface area contributed by atoms with E-state index < -0.39 is 15.3 Å². The number of rotatable bonds is 9. The first-order valence-corrected chi connectivity index (χ1v) is 14.3. The molecular formula is C27H28N4O5S2. The monoisotopic (exact) mass is 552 g/mol. The summed E-state index contributed by atoms with van der Waals surface area (Å²) in [5.41, 5.74) is 2.45. The standard InChI is InChI=1S/C27H28N4O5S2/c1-36-22-11-7-20(8-12-22)18-31-25(32)17-24(37-27(31)30-21-5-3-2-4-6-21)26(33)29-16-15-19-9-13-23(14-10-19)38(28,34)35/h2-14,24H,15-18H2,1H3,(H,29,33)(H2,28,34,35)/t24-/m0/s1. The maximum atomic E-state index is 13.2. The molecule has 0 bridgehead atoms. The fourth-order valence-electron chi connectivity index (χ4n) is 3.81. The van der Waals surface area contributed by atoms with Gasteiger partial charge < -0.3 is 10.1 Å². The molecule has 0 saturated carbocycles. The van der Waals surface area contributed by atoms with Crippen LogP contribution >= 0.6 is 11.8 Å². The molecule has 0 radical (unpaired) electrons. The van der Waals surface area contributed by atoms with Gasteiger partial charge in [-0.15, -0.1) is 0 Å². The predicted octanol–water partition coefficient (Wildman–Crippen LogP) is 3.22. The molecule has 1 atom stereocenters. The number of hydrogen-bond donors (Lipinski definition) is 2. The van der Waals surface area contributed by atoms with Crippen molar-refractivity contribution in [2.75, 3.05) is 13.7 Å². The Labute approximate surface area is 226 Å². The molecule has 0 aromatic heterocycles. The molecule has 0 unspecified atom stereocenters. The van der Waals surface area contributed by atoms with Gasteiger partial charge in [0.15, 0.2) is 5.17 Å². The molecular weight excluding hydrogens is 524 g/mol. The van der Waals surface area contributed by atoms with Gasteiger partial charge in [-0.2, -0.15) is 0 Å². The second-order valence-corrected chi connectivity index (χ2v) is 11.3. The SMILES string of the molecule is COc1ccc(CN2C(=O)C[C@@H](C(=O)NCCc3ccc(S(N)(=O)=O)cc3)SC2=Nc2ccccc2)cc1. The van der Waals surface area contributed by atoms with Crippen molar-refractivity contribution in [3.63, 3.8) is 0 Å². The van der Waals surface area contributed by atoms with Gasteiger partial charge in [-0.1, -0.05) is 54.2 Å². The molecule has 3 aromatic rings. The van der Waals surface area contributed by atoms with Crippen LogP contribution in [0.2, 0.25) is 0 Å². The summed E-state index contributed by atoms with van der Waals surface area (Å²) >= 11 is 1.26. The van der Waals surface area contributed by atoms with Crippen molar-refractivity contribution in [1.29, 1.82) is 0 Å². The summed E-state index contributed by atoms with van der Waals surface area (Å²) < 4.78 is 28.0. The van der Waals surface area contributed by atoms with Gasteiger partial charge in [0.05, 0.1) is 29.5 Å². The van der Waals surface area contributed by atoms with Gasteiger partial charge in [-0.3, -0.25) is 14.5 Å². The summed E-state index contributed by atoms with van der Waals surface area (Å²) in [4.78, 5) is 32.5. The van der Waals surface area contributed by atoms with E-state index in [0.717, 1.165) is 16.9 Å². The number of aliphatic imine (C=N–C) groups is 1. The number of nitrogens with one attached hydrogen (secondary N) is 1. The number of hydrogen-bond acceptors (Lipinski definition) is 7. The van der Waals surface area contributed by atoms with Gasteiger partial charge in [0, 0.05) is 13.0 Å². The second kappa shape index (κ2) is 12.2. The lowest BCUT2D eigenvalue weighted by atomic mass is 10.1. The average molecular weight is 553 g/mol.